The summed E-state index contributed by atoms with van der Waals surface area (Å²) in [7, 11) is 1.54. The number of imide groups is 1. The second kappa shape index (κ2) is 9.00. The molecule has 3 rings (SSSR count). The van der Waals surface area contributed by atoms with Gasteiger partial charge in [-0.3, -0.25) is 14.5 Å². The van der Waals surface area contributed by atoms with Crippen molar-refractivity contribution in [3.63, 3.8) is 0 Å². The van der Waals surface area contributed by atoms with Gasteiger partial charge >= 0.3 is 0 Å². The minimum Gasteiger partial charge on any atom is -0.493 e. The first-order chi connectivity index (χ1) is 13.5. The summed E-state index contributed by atoms with van der Waals surface area (Å²) in [6, 6.07) is 13.3. The number of amides is 2. The van der Waals surface area contributed by atoms with Crippen LogP contribution in [0.3, 0.4) is 0 Å². The Hall–Kier alpha value is -2.69. The van der Waals surface area contributed by atoms with Gasteiger partial charge in [0.15, 0.2) is 11.5 Å². The first kappa shape index (κ1) is 20.1. The molecule has 0 bridgehead atoms. The molecule has 0 radical (unpaired) electrons. The van der Waals surface area contributed by atoms with Crippen LogP contribution in [-0.2, 0) is 11.4 Å². The molecular weight excluding hydrogens is 442 g/mol. The Labute approximate surface area is 175 Å². The van der Waals surface area contributed by atoms with Crippen molar-refractivity contribution in [2.24, 2.45) is 0 Å². The van der Waals surface area contributed by atoms with E-state index in [1.807, 2.05) is 30.3 Å². The zero-order valence-electron chi connectivity index (χ0n) is 15.0. The Kier molecular flexibility index (Phi) is 6.45. The summed E-state index contributed by atoms with van der Waals surface area (Å²) >= 11 is 4.36. The molecule has 1 saturated heterocycles. The van der Waals surface area contributed by atoms with E-state index in [2.05, 4.69) is 21.9 Å². The van der Waals surface area contributed by atoms with Gasteiger partial charge in [0.05, 0.1) is 23.0 Å². The highest BCUT2D eigenvalue weighted by Crippen LogP contribution is 2.39. The van der Waals surface area contributed by atoms with E-state index < -0.39 is 5.91 Å². The lowest BCUT2D eigenvalue weighted by atomic mass is 10.1. The van der Waals surface area contributed by atoms with E-state index in [1.54, 1.807) is 25.3 Å². The van der Waals surface area contributed by atoms with Crippen LogP contribution in [0.5, 0.6) is 11.5 Å². The highest BCUT2D eigenvalue weighted by molar-refractivity contribution is 9.10. The molecule has 1 fully saturated rings. The molecule has 1 aliphatic heterocycles. The molecule has 5 nitrogen and oxygen atoms in total. The van der Waals surface area contributed by atoms with Gasteiger partial charge in [0.2, 0.25) is 0 Å². The van der Waals surface area contributed by atoms with E-state index in [0.717, 1.165) is 22.2 Å². The van der Waals surface area contributed by atoms with Crippen LogP contribution in [0.2, 0.25) is 0 Å². The lowest BCUT2D eigenvalue weighted by Gasteiger charge is -2.14. The third kappa shape index (κ3) is 4.41. The van der Waals surface area contributed by atoms with Crippen LogP contribution in [0.4, 0.5) is 4.79 Å². The fraction of sp³-hybridized carbons (Fsp3) is 0.143. The quantitative estimate of drug-likeness (QED) is 0.464. The Morgan fingerprint density at radius 3 is 2.68 bits per heavy atom. The molecule has 0 aliphatic carbocycles. The summed E-state index contributed by atoms with van der Waals surface area (Å²) in [6.07, 6.45) is 6.85. The first-order valence-electron chi connectivity index (χ1n) is 8.26. The second-order valence-electron chi connectivity index (χ2n) is 5.78. The van der Waals surface area contributed by atoms with E-state index in [-0.39, 0.29) is 11.8 Å². The zero-order valence-corrected chi connectivity index (χ0v) is 17.4. The summed E-state index contributed by atoms with van der Waals surface area (Å²) in [4.78, 5) is 25.6. The van der Waals surface area contributed by atoms with Gasteiger partial charge in [0, 0.05) is 0 Å². The summed E-state index contributed by atoms with van der Waals surface area (Å²) in [5, 5.41) is -0.372. The number of ether oxygens (including phenoxy) is 2. The van der Waals surface area contributed by atoms with E-state index in [0.29, 0.717) is 33.0 Å². The number of carbonyl (C=O) groups is 2. The fourth-order valence-electron chi connectivity index (χ4n) is 2.57. The van der Waals surface area contributed by atoms with Gasteiger partial charge in [-0.05, 0) is 57.0 Å². The monoisotopic (exact) mass is 457 g/mol. The number of methoxy groups -OCH3 is 1. The fourth-order valence-corrected chi connectivity index (χ4v) is 3.98. The van der Waals surface area contributed by atoms with Crippen LogP contribution in [0, 0.1) is 12.3 Å². The molecule has 0 atom stereocenters. The van der Waals surface area contributed by atoms with Crippen LogP contribution in [0.15, 0.2) is 51.8 Å². The van der Waals surface area contributed by atoms with Crippen molar-refractivity contribution in [2.75, 3.05) is 13.7 Å². The van der Waals surface area contributed by atoms with Gasteiger partial charge in [-0.15, -0.1) is 6.42 Å². The smallest absolute Gasteiger partial charge is 0.294 e. The SMILES string of the molecule is C#CCN1C(=O)S/C(=C/c2cc(Br)c(OCc3ccccc3)c(OC)c2)C1=O. The number of hydrogen-bond acceptors (Lipinski definition) is 5. The summed E-state index contributed by atoms with van der Waals surface area (Å²) < 4.78 is 12.0. The molecule has 0 saturated carbocycles. The minimum absolute atomic E-state index is 0.0404. The van der Waals surface area contributed by atoms with E-state index >= 15 is 0 Å². The van der Waals surface area contributed by atoms with Crippen LogP contribution < -0.4 is 9.47 Å². The molecule has 142 valence electrons. The number of halogens is 1. The first-order valence-corrected chi connectivity index (χ1v) is 9.87. The number of rotatable bonds is 6. The van der Waals surface area contributed by atoms with E-state index in [9.17, 15) is 9.59 Å². The Balaban J connectivity index is 1.84. The lowest BCUT2D eigenvalue weighted by Crippen LogP contribution is -2.28. The average molecular weight is 458 g/mol. The Morgan fingerprint density at radius 2 is 2.00 bits per heavy atom. The van der Waals surface area contributed by atoms with Crippen molar-refractivity contribution in [3.05, 3.63) is 63.0 Å². The summed E-state index contributed by atoms with van der Waals surface area (Å²) in [5.74, 6) is 2.99. The van der Waals surface area contributed by atoms with Crippen LogP contribution >= 0.6 is 27.7 Å². The van der Waals surface area contributed by atoms with Crippen molar-refractivity contribution in [1.82, 2.24) is 4.90 Å². The molecule has 2 aromatic carbocycles. The van der Waals surface area contributed by atoms with Gasteiger partial charge in [-0.1, -0.05) is 36.3 Å². The van der Waals surface area contributed by atoms with Crippen molar-refractivity contribution >= 4 is 44.9 Å². The number of nitrogens with zero attached hydrogens (tertiary/aromatic N) is 1. The van der Waals surface area contributed by atoms with Crippen molar-refractivity contribution in [1.29, 1.82) is 0 Å². The largest absolute Gasteiger partial charge is 0.493 e. The number of thioether (sulfide) groups is 1. The molecule has 7 heteroatoms. The molecule has 0 aromatic heterocycles. The van der Waals surface area contributed by atoms with E-state index in [4.69, 9.17) is 15.9 Å². The van der Waals surface area contributed by atoms with Crippen LogP contribution in [0.25, 0.3) is 6.08 Å². The Morgan fingerprint density at radius 1 is 1.25 bits per heavy atom. The van der Waals surface area contributed by atoms with Gasteiger partial charge in [0.25, 0.3) is 11.1 Å². The Bertz CT molecular complexity index is 982. The van der Waals surface area contributed by atoms with Gasteiger partial charge in [0.1, 0.15) is 6.61 Å². The predicted molar refractivity (Wildman–Crippen MR) is 113 cm³/mol. The normalized spacial score (nSPS) is 15.0. The third-order valence-electron chi connectivity index (χ3n) is 3.90. The van der Waals surface area contributed by atoms with Gasteiger partial charge in [-0.25, -0.2) is 0 Å². The lowest BCUT2D eigenvalue weighted by molar-refractivity contribution is -0.122. The van der Waals surface area contributed by atoms with Gasteiger partial charge in [-0.2, -0.15) is 0 Å². The average Bonchev–Trinajstić information content (AvgIpc) is 2.95. The maximum absolute atomic E-state index is 12.3. The molecule has 0 spiro atoms. The van der Waals surface area contributed by atoms with Crippen molar-refractivity contribution in [3.8, 4) is 23.8 Å². The molecule has 28 heavy (non-hydrogen) atoms. The molecule has 0 N–H and O–H groups in total. The molecular formula is C21H16BrNO4S. The minimum atomic E-state index is -0.396. The number of hydrogen-bond donors (Lipinski definition) is 0. The zero-order chi connectivity index (χ0) is 20.1. The van der Waals surface area contributed by atoms with Crippen molar-refractivity contribution in [2.45, 2.75) is 6.61 Å². The topological polar surface area (TPSA) is 55.8 Å². The van der Waals surface area contributed by atoms with E-state index in [1.165, 1.54) is 0 Å². The summed E-state index contributed by atoms with van der Waals surface area (Å²) in [6.45, 7) is 0.349. The van der Waals surface area contributed by atoms with Crippen LogP contribution in [-0.4, -0.2) is 29.7 Å². The van der Waals surface area contributed by atoms with Gasteiger partial charge < -0.3 is 9.47 Å². The predicted octanol–water partition coefficient (Wildman–Crippen LogP) is 4.71. The van der Waals surface area contributed by atoms with Crippen molar-refractivity contribution < 1.29 is 19.1 Å². The number of terminal acetylenes is 1. The second-order valence-corrected chi connectivity index (χ2v) is 7.63. The highest BCUT2D eigenvalue weighted by Gasteiger charge is 2.34. The number of carbonyl (C=O) groups excluding carboxylic acids is 2. The maximum Gasteiger partial charge on any atom is 0.294 e. The molecule has 1 aliphatic rings. The molecule has 0 unspecified atom stereocenters. The third-order valence-corrected chi connectivity index (χ3v) is 5.39. The molecule has 2 aromatic rings. The summed E-state index contributed by atoms with van der Waals surface area (Å²) in [5.41, 5.74) is 1.73. The maximum atomic E-state index is 12.3. The molecule has 1 heterocycles. The number of benzene rings is 2. The standard InChI is InChI=1S/C21H16BrNO4S/c1-3-9-23-20(24)18(28-21(23)25)12-15-10-16(22)19(17(11-15)26-2)27-13-14-7-5-4-6-8-14/h1,4-8,10-12H,9,13H2,2H3/b18-12+. The highest BCUT2D eigenvalue weighted by atomic mass is 79.9. The molecule has 2 amide bonds. The van der Waals surface area contributed by atoms with Crippen LogP contribution in [0.1, 0.15) is 11.1 Å².